The van der Waals surface area contributed by atoms with Gasteiger partial charge in [0.1, 0.15) is 18.2 Å². The molecule has 0 bridgehead atoms. The van der Waals surface area contributed by atoms with Crippen LogP contribution in [0.15, 0.2) is 42.5 Å². The molecule has 2 saturated heterocycles. The van der Waals surface area contributed by atoms with E-state index >= 15 is 0 Å². The maximum absolute atomic E-state index is 12.5. The summed E-state index contributed by atoms with van der Waals surface area (Å²) in [7, 11) is 0. The quantitative estimate of drug-likeness (QED) is 0.590. The maximum atomic E-state index is 12.5. The minimum atomic E-state index is -0.403. The normalized spacial score (nSPS) is 24.4. The molecule has 0 aliphatic carbocycles. The number of hydrogen-bond donors (Lipinski definition) is 2. The van der Waals surface area contributed by atoms with Crippen LogP contribution in [0.25, 0.3) is 11.4 Å². The number of ether oxygens (including phenoxy) is 4. The molecule has 0 spiro atoms. The first-order chi connectivity index (χ1) is 16.7. The lowest BCUT2D eigenvalue weighted by atomic mass is 10.1. The van der Waals surface area contributed by atoms with Crippen molar-refractivity contribution >= 4 is 11.7 Å². The molecule has 12 nitrogen and oxygen atoms in total. The molecule has 3 aliphatic rings. The van der Waals surface area contributed by atoms with Crippen molar-refractivity contribution in [3.05, 3.63) is 48.0 Å². The van der Waals surface area contributed by atoms with Crippen LogP contribution >= 0.6 is 0 Å². The van der Waals surface area contributed by atoms with Crippen LogP contribution in [-0.4, -0.2) is 64.5 Å². The highest BCUT2D eigenvalue weighted by atomic mass is 16.7. The summed E-state index contributed by atoms with van der Waals surface area (Å²) < 4.78 is 24.5. The number of nitrogens with zero attached hydrogens (tertiary/aromatic N) is 5. The van der Waals surface area contributed by atoms with Gasteiger partial charge in [0.25, 0.3) is 0 Å². The van der Waals surface area contributed by atoms with Crippen LogP contribution in [0.2, 0.25) is 0 Å². The number of aromatic nitrogens is 4. The van der Waals surface area contributed by atoms with Gasteiger partial charge >= 0.3 is 6.03 Å². The van der Waals surface area contributed by atoms with Crippen LogP contribution in [-0.2, 0) is 9.47 Å². The summed E-state index contributed by atoms with van der Waals surface area (Å²) in [6.07, 6.45) is -0.682. The molecule has 34 heavy (non-hydrogen) atoms. The van der Waals surface area contributed by atoms with Gasteiger partial charge in [-0.1, -0.05) is 6.07 Å². The molecule has 2 fully saturated rings. The van der Waals surface area contributed by atoms with E-state index < -0.39 is 6.03 Å². The van der Waals surface area contributed by atoms with Crippen molar-refractivity contribution in [2.24, 2.45) is 0 Å². The van der Waals surface area contributed by atoms with Gasteiger partial charge in [-0.25, -0.2) is 9.48 Å². The molecular weight excluding hydrogens is 442 g/mol. The molecule has 2 N–H and O–H groups in total. The Morgan fingerprint density at radius 3 is 2.88 bits per heavy atom. The van der Waals surface area contributed by atoms with Crippen LogP contribution in [0.1, 0.15) is 11.6 Å². The molecule has 172 valence electrons. The molecule has 6 rings (SSSR count). The average molecular weight is 461 g/mol. The number of amides is 2. The van der Waals surface area contributed by atoms with Crippen LogP contribution in [0.5, 0.6) is 11.5 Å². The van der Waals surface area contributed by atoms with E-state index in [9.17, 15) is 4.79 Å². The second kappa shape index (κ2) is 8.29. The molecular formula is C22H19N7O5. The second-order valence-electron chi connectivity index (χ2n) is 8.08. The lowest BCUT2D eigenvalue weighted by Crippen LogP contribution is -2.45. The number of nitriles is 1. The monoisotopic (exact) mass is 461 g/mol. The van der Waals surface area contributed by atoms with Gasteiger partial charge in [-0.15, -0.1) is 5.10 Å². The molecule has 1 aromatic heterocycles. The smallest absolute Gasteiger partial charge is 0.319 e. The van der Waals surface area contributed by atoms with Crippen molar-refractivity contribution in [1.82, 2.24) is 25.5 Å². The summed E-state index contributed by atoms with van der Waals surface area (Å²) in [5, 5.41) is 26.9. The second-order valence-corrected chi connectivity index (χ2v) is 8.08. The van der Waals surface area contributed by atoms with Gasteiger partial charge < -0.3 is 29.6 Å². The van der Waals surface area contributed by atoms with E-state index in [-0.39, 0.29) is 31.1 Å². The molecule has 12 heteroatoms. The first-order valence-electron chi connectivity index (χ1n) is 10.7. The molecule has 3 aromatic rings. The molecule has 2 amide bonds. The first kappa shape index (κ1) is 20.4. The number of carbonyl (C=O) groups is 1. The van der Waals surface area contributed by atoms with Crippen LogP contribution in [0, 0.1) is 11.3 Å². The summed E-state index contributed by atoms with van der Waals surface area (Å²) in [5.74, 6) is 1.88. The SMILES string of the molecule is N#Cc1cccc(NC(=O)N[C@H]2CO[C@H]3[C@@H]2OC[C@@H]3n2nnnc2-c2ccc3c(c2)OCO3)c1. The Morgan fingerprint density at radius 1 is 1.09 bits per heavy atom. The third kappa shape index (κ3) is 3.57. The number of hydrogen-bond acceptors (Lipinski definition) is 9. The fraction of sp³-hybridized carbons (Fsp3) is 0.318. The van der Waals surface area contributed by atoms with Crippen molar-refractivity contribution in [2.45, 2.75) is 24.3 Å². The van der Waals surface area contributed by atoms with Gasteiger partial charge in [0.15, 0.2) is 17.3 Å². The zero-order chi connectivity index (χ0) is 23.1. The Balaban J connectivity index is 1.15. The topological polar surface area (TPSA) is 145 Å². The summed E-state index contributed by atoms with van der Waals surface area (Å²) in [6.45, 7) is 0.810. The Kier molecular flexibility index (Phi) is 4.97. The molecule has 4 heterocycles. The minimum Gasteiger partial charge on any atom is -0.454 e. The number of nitrogens with one attached hydrogen (secondary N) is 2. The summed E-state index contributed by atoms with van der Waals surface area (Å²) in [4.78, 5) is 12.5. The number of urea groups is 1. The van der Waals surface area contributed by atoms with Gasteiger partial charge in [-0.05, 0) is 46.8 Å². The molecule has 0 radical (unpaired) electrons. The number of fused-ring (bicyclic) bond motifs is 2. The zero-order valence-electron chi connectivity index (χ0n) is 17.7. The van der Waals surface area contributed by atoms with Crippen molar-refractivity contribution in [2.75, 3.05) is 25.3 Å². The van der Waals surface area contributed by atoms with Crippen molar-refractivity contribution in [3.8, 4) is 29.0 Å². The summed E-state index contributed by atoms with van der Waals surface area (Å²) >= 11 is 0. The summed E-state index contributed by atoms with van der Waals surface area (Å²) in [5.41, 5.74) is 1.77. The first-order valence-corrected chi connectivity index (χ1v) is 10.7. The molecule has 0 unspecified atom stereocenters. The van der Waals surface area contributed by atoms with Crippen LogP contribution in [0.4, 0.5) is 10.5 Å². The highest BCUT2D eigenvalue weighted by Gasteiger charge is 2.50. The van der Waals surface area contributed by atoms with Crippen molar-refractivity contribution < 1.29 is 23.7 Å². The van der Waals surface area contributed by atoms with E-state index in [4.69, 9.17) is 24.2 Å². The number of carbonyl (C=O) groups excluding carboxylic acids is 1. The maximum Gasteiger partial charge on any atom is 0.319 e. The Bertz CT molecular complexity index is 1290. The number of anilines is 1. The number of rotatable bonds is 4. The largest absolute Gasteiger partial charge is 0.454 e. The third-order valence-electron chi connectivity index (χ3n) is 6.03. The van der Waals surface area contributed by atoms with Crippen molar-refractivity contribution in [1.29, 1.82) is 5.26 Å². The van der Waals surface area contributed by atoms with E-state index in [2.05, 4.69) is 26.2 Å². The van der Waals surface area contributed by atoms with E-state index in [0.717, 1.165) is 5.56 Å². The fourth-order valence-corrected chi connectivity index (χ4v) is 4.46. The van der Waals surface area contributed by atoms with E-state index in [1.807, 2.05) is 24.3 Å². The van der Waals surface area contributed by atoms with Crippen LogP contribution < -0.4 is 20.1 Å². The Morgan fingerprint density at radius 2 is 1.97 bits per heavy atom. The fourth-order valence-electron chi connectivity index (χ4n) is 4.46. The average Bonchev–Trinajstić information content (AvgIpc) is 3.63. The predicted molar refractivity (Wildman–Crippen MR) is 115 cm³/mol. The highest BCUT2D eigenvalue weighted by Crippen LogP contribution is 2.38. The van der Waals surface area contributed by atoms with E-state index in [1.165, 1.54) is 0 Å². The van der Waals surface area contributed by atoms with Gasteiger partial charge in [-0.3, -0.25) is 0 Å². The third-order valence-corrected chi connectivity index (χ3v) is 6.03. The van der Waals surface area contributed by atoms with Gasteiger partial charge in [-0.2, -0.15) is 5.26 Å². The molecule has 4 atom stereocenters. The number of benzene rings is 2. The highest BCUT2D eigenvalue weighted by molar-refractivity contribution is 5.89. The number of tetrazole rings is 1. The molecule has 0 saturated carbocycles. The van der Waals surface area contributed by atoms with Gasteiger partial charge in [0.2, 0.25) is 6.79 Å². The lowest BCUT2D eigenvalue weighted by Gasteiger charge is -2.18. The standard InChI is InChI=1S/C22H19N7O5/c23-8-12-2-1-3-14(6-12)24-22(30)25-15-9-31-20-16(10-32-19(15)20)29-21(26-27-28-29)13-4-5-17-18(7-13)34-11-33-17/h1-7,15-16,19-20H,9-11H2,(H2,24,25,30)/t15-,16-,19+,20+/m0/s1. The van der Waals surface area contributed by atoms with E-state index in [1.54, 1.807) is 28.9 Å². The summed E-state index contributed by atoms with van der Waals surface area (Å²) in [6, 6.07) is 13.3. The van der Waals surface area contributed by atoms with Crippen LogP contribution in [0.3, 0.4) is 0 Å². The zero-order valence-corrected chi connectivity index (χ0v) is 17.7. The Hall–Kier alpha value is -4.21. The van der Waals surface area contributed by atoms with Crippen molar-refractivity contribution in [3.63, 3.8) is 0 Å². The lowest BCUT2D eigenvalue weighted by molar-refractivity contribution is 0.0624. The van der Waals surface area contributed by atoms with E-state index in [0.29, 0.717) is 41.8 Å². The Labute approximate surface area is 193 Å². The molecule has 3 aliphatic heterocycles. The van der Waals surface area contributed by atoms with Gasteiger partial charge in [0, 0.05) is 11.3 Å². The molecule has 2 aromatic carbocycles. The minimum absolute atomic E-state index is 0.184. The van der Waals surface area contributed by atoms with Gasteiger partial charge in [0.05, 0.1) is 30.9 Å². The predicted octanol–water partition coefficient (Wildman–Crippen LogP) is 1.47.